The van der Waals surface area contributed by atoms with Gasteiger partial charge in [0.1, 0.15) is 0 Å². The average molecular weight is 252 g/mol. The monoisotopic (exact) mass is 252 g/mol. The second kappa shape index (κ2) is 8.26. The lowest BCUT2D eigenvalue weighted by Gasteiger charge is -2.04. The van der Waals surface area contributed by atoms with Crippen LogP contribution in [0.4, 0.5) is 0 Å². The molecule has 6 nitrogen and oxygen atoms in total. The minimum absolute atomic E-state index is 0.153. The summed E-state index contributed by atoms with van der Waals surface area (Å²) in [5, 5.41) is 8.37. The highest BCUT2D eigenvalue weighted by atomic mass is 32.2. The van der Waals surface area contributed by atoms with E-state index >= 15 is 0 Å². The normalized spacial score (nSPS) is 11.1. The zero-order valence-corrected chi connectivity index (χ0v) is 9.74. The highest BCUT2D eigenvalue weighted by Gasteiger charge is 2.10. The summed E-state index contributed by atoms with van der Waals surface area (Å²) in [6, 6.07) is 0. The molecule has 16 heavy (non-hydrogen) atoms. The number of rotatable bonds is 9. The molecule has 0 rings (SSSR count). The van der Waals surface area contributed by atoms with Gasteiger partial charge in [0.2, 0.25) is 0 Å². The summed E-state index contributed by atoms with van der Waals surface area (Å²) in [5.74, 6) is -0.682. The number of hydrogen-bond acceptors (Lipinski definition) is 6. The van der Waals surface area contributed by atoms with Crippen molar-refractivity contribution in [3.8, 4) is 0 Å². The fourth-order valence-electron chi connectivity index (χ4n) is 0.836. The molecule has 0 unspecified atom stereocenters. The maximum absolute atomic E-state index is 11.1. The second-order valence-electron chi connectivity index (χ2n) is 2.89. The Morgan fingerprint density at radius 1 is 1.31 bits per heavy atom. The van der Waals surface area contributed by atoms with Crippen LogP contribution in [-0.4, -0.2) is 45.1 Å². The van der Waals surface area contributed by atoms with Crippen molar-refractivity contribution < 1.29 is 27.2 Å². The largest absolute Gasteiger partial charge is 0.463 e. The summed E-state index contributed by atoms with van der Waals surface area (Å²) >= 11 is 0. The molecule has 0 aromatic carbocycles. The van der Waals surface area contributed by atoms with Gasteiger partial charge in [-0.2, -0.15) is 8.42 Å². The Morgan fingerprint density at radius 2 is 2.00 bits per heavy atom. The van der Waals surface area contributed by atoms with Crippen molar-refractivity contribution in [3.05, 3.63) is 12.7 Å². The van der Waals surface area contributed by atoms with Gasteiger partial charge in [0.05, 0.1) is 25.6 Å². The molecule has 0 saturated carbocycles. The molecule has 0 aromatic heterocycles. The van der Waals surface area contributed by atoms with Gasteiger partial charge in [-0.25, -0.2) is 4.79 Å². The maximum Gasteiger partial charge on any atom is 0.330 e. The molecule has 0 bridgehead atoms. The van der Waals surface area contributed by atoms with E-state index in [1.807, 2.05) is 0 Å². The molecular formula is C9H16O6S. The third-order valence-corrected chi connectivity index (χ3v) is 2.87. The molecule has 0 radical (unpaired) electrons. The Bertz CT molecular complexity index is 308. The van der Waals surface area contributed by atoms with Crippen LogP contribution in [0.5, 0.6) is 0 Å². The molecule has 1 N–H and O–H groups in total. The van der Waals surface area contributed by atoms with Crippen molar-refractivity contribution in [1.82, 2.24) is 0 Å². The van der Waals surface area contributed by atoms with Crippen LogP contribution in [0, 0.1) is 0 Å². The lowest BCUT2D eigenvalue weighted by Crippen LogP contribution is -2.14. The van der Waals surface area contributed by atoms with Gasteiger partial charge in [0, 0.05) is 6.08 Å². The Hall–Kier alpha value is -0.920. The van der Waals surface area contributed by atoms with Crippen LogP contribution in [0.2, 0.25) is 0 Å². The van der Waals surface area contributed by atoms with Gasteiger partial charge in [-0.15, -0.1) is 0 Å². The Labute approximate surface area is 95.0 Å². The first-order valence-electron chi connectivity index (χ1n) is 4.79. The van der Waals surface area contributed by atoms with Gasteiger partial charge < -0.3 is 9.84 Å². The topological polar surface area (TPSA) is 89.9 Å². The minimum atomic E-state index is -3.57. The Morgan fingerprint density at radius 3 is 2.56 bits per heavy atom. The highest BCUT2D eigenvalue weighted by Crippen LogP contribution is 1.99. The van der Waals surface area contributed by atoms with E-state index in [1.54, 1.807) is 0 Å². The third-order valence-electron chi connectivity index (χ3n) is 1.55. The van der Waals surface area contributed by atoms with E-state index in [1.165, 1.54) is 0 Å². The summed E-state index contributed by atoms with van der Waals surface area (Å²) < 4.78 is 31.3. The lowest BCUT2D eigenvalue weighted by molar-refractivity contribution is -0.137. The first-order chi connectivity index (χ1) is 7.52. The van der Waals surface area contributed by atoms with Crippen LogP contribution in [0.15, 0.2) is 12.7 Å². The maximum atomic E-state index is 11.1. The van der Waals surface area contributed by atoms with Gasteiger partial charge in [-0.1, -0.05) is 6.58 Å². The first kappa shape index (κ1) is 15.1. The van der Waals surface area contributed by atoms with E-state index in [9.17, 15) is 13.2 Å². The van der Waals surface area contributed by atoms with Crippen LogP contribution in [0.25, 0.3) is 0 Å². The summed E-state index contributed by atoms with van der Waals surface area (Å²) in [4.78, 5) is 10.6. The van der Waals surface area contributed by atoms with Crippen molar-refractivity contribution in [3.63, 3.8) is 0 Å². The van der Waals surface area contributed by atoms with Crippen LogP contribution in [-0.2, 0) is 23.8 Å². The quantitative estimate of drug-likeness (QED) is 0.265. The van der Waals surface area contributed by atoms with E-state index in [-0.39, 0.29) is 25.6 Å². The SMILES string of the molecule is C=CC(=O)OCCCCS(=O)(=O)OCCO. The second-order valence-corrected chi connectivity index (χ2v) is 4.65. The van der Waals surface area contributed by atoms with Crippen molar-refractivity contribution in [2.45, 2.75) is 12.8 Å². The molecule has 0 heterocycles. The summed E-state index contributed by atoms with van der Waals surface area (Å²) in [7, 11) is -3.57. The van der Waals surface area contributed by atoms with Gasteiger partial charge in [-0.05, 0) is 12.8 Å². The van der Waals surface area contributed by atoms with Crippen molar-refractivity contribution >= 4 is 16.1 Å². The zero-order valence-electron chi connectivity index (χ0n) is 8.92. The summed E-state index contributed by atoms with van der Waals surface area (Å²) in [6.07, 6.45) is 1.81. The fraction of sp³-hybridized carbons (Fsp3) is 0.667. The molecule has 0 aliphatic heterocycles. The number of ether oxygens (including phenoxy) is 1. The van der Waals surface area contributed by atoms with E-state index in [0.29, 0.717) is 12.8 Å². The van der Waals surface area contributed by atoms with Gasteiger partial charge in [-0.3, -0.25) is 4.18 Å². The molecule has 0 spiro atoms. The third kappa shape index (κ3) is 8.39. The van der Waals surface area contributed by atoms with Crippen molar-refractivity contribution in [2.24, 2.45) is 0 Å². The highest BCUT2D eigenvalue weighted by molar-refractivity contribution is 7.86. The fourth-order valence-corrected chi connectivity index (χ4v) is 1.84. The van der Waals surface area contributed by atoms with Crippen molar-refractivity contribution in [2.75, 3.05) is 25.6 Å². The number of unbranched alkanes of at least 4 members (excludes halogenated alkanes) is 1. The molecule has 0 aliphatic carbocycles. The molecule has 0 atom stereocenters. The van der Waals surface area contributed by atoms with E-state index < -0.39 is 16.1 Å². The number of esters is 1. The average Bonchev–Trinajstić information content (AvgIpc) is 2.25. The number of aliphatic hydroxyl groups excluding tert-OH is 1. The Kier molecular flexibility index (Phi) is 7.78. The van der Waals surface area contributed by atoms with E-state index in [0.717, 1.165) is 6.08 Å². The van der Waals surface area contributed by atoms with E-state index in [2.05, 4.69) is 15.5 Å². The standard InChI is InChI=1S/C9H16O6S/c1-2-9(11)14-6-3-4-8-16(12,13)15-7-5-10/h2,10H,1,3-8H2. The minimum Gasteiger partial charge on any atom is -0.463 e. The molecule has 0 amide bonds. The molecule has 0 aromatic rings. The lowest BCUT2D eigenvalue weighted by atomic mass is 10.4. The van der Waals surface area contributed by atoms with Gasteiger partial charge >= 0.3 is 5.97 Å². The van der Waals surface area contributed by atoms with Gasteiger partial charge in [0.15, 0.2) is 0 Å². The van der Waals surface area contributed by atoms with Crippen LogP contribution in [0.1, 0.15) is 12.8 Å². The molecule has 0 aliphatic rings. The smallest absolute Gasteiger partial charge is 0.330 e. The van der Waals surface area contributed by atoms with Crippen LogP contribution < -0.4 is 0 Å². The molecule has 94 valence electrons. The predicted octanol–water partition coefficient (Wildman–Crippen LogP) is -0.165. The molecule has 0 fully saturated rings. The number of hydrogen-bond donors (Lipinski definition) is 1. The number of aliphatic hydroxyl groups is 1. The zero-order chi connectivity index (χ0) is 12.4. The summed E-state index contributed by atoms with van der Waals surface area (Å²) in [5.41, 5.74) is 0. The number of carbonyl (C=O) groups is 1. The van der Waals surface area contributed by atoms with Crippen molar-refractivity contribution in [1.29, 1.82) is 0 Å². The molecule has 0 saturated heterocycles. The molecular weight excluding hydrogens is 236 g/mol. The van der Waals surface area contributed by atoms with E-state index in [4.69, 9.17) is 5.11 Å². The number of carbonyl (C=O) groups excluding carboxylic acids is 1. The first-order valence-corrected chi connectivity index (χ1v) is 6.36. The van der Waals surface area contributed by atoms with Crippen LogP contribution >= 0.6 is 0 Å². The van der Waals surface area contributed by atoms with Crippen LogP contribution in [0.3, 0.4) is 0 Å². The Balaban J connectivity index is 3.58. The summed E-state index contributed by atoms with van der Waals surface area (Å²) in [6.45, 7) is 2.81. The molecule has 7 heteroatoms. The predicted molar refractivity (Wildman–Crippen MR) is 57.2 cm³/mol. The van der Waals surface area contributed by atoms with Gasteiger partial charge in [0.25, 0.3) is 10.1 Å².